The summed E-state index contributed by atoms with van der Waals surface area (Å²) >= 11 is 0. The molecule has 1 aromatic heterocycles. The molecule has 0 amide bonds. The summed E-state index contributed by atoms with van der Waals surface area (Å²) in [4.78, 5) is 26.2. The number of anilines is 1. The van der Waals surface area contributed by atoms with Crippen LogP contribution in [0.1, 0.15) is 48.7 Å². The quantitative estimate of drug-likeness (QED) is 0.860. The van der Waals surface area contributed by atoms with Crippen LogP contribution >= 0.6 is 0 Å². The molecule has 1 saturated carbocycles. The lowest BCUT2D eigenvalue weighted by Gasteiger charge is -2.25. The van der Waals surface area contributed by atoms with Crippen LogP contribution in [0.25, 0.3) is 10.9 Å². The molecular formula is C20H24FN3O3. The number of aromatic nitrogens is 1. The topological polar surface area (TPSA) is 88.6 Å². The number of aromatic carboxylic acids is 1. The highest BCUT2D eigenvalue weighted by atomic mass is 19.1. The second-order valence-electron chi connectivity index (χ2n) is 7.80. The Morgan fingerprint density at radius 3 is 2.59 bits per heavy atom. The number of benzene rings is 1. The molecule has 2 heterocycles. The van der Waals surface area contributed by atoms with Gasteiger partial charge in [0.05, 0.1) is 11.2 Å². The van der Waals surface area contributed by atoms with Gasteiger partial charge in [0.1, 0.15) is 11.4 Å². The Kier molecular flexibility index (Phi) is 4.22. The van der Waals surface area contributed by atoms with Crippen molar-refractivity contribution < 1.29 is 14.3 Å². The maximum Gasteiger partial charge on any atom is 0.341 e. The van der Waals surface area contributed by atoms with Gasteiger partial charge in [-0.15, -0.1) is 0 Å². The average Bonchev–Trinajstić information content (AvgIpc) is 3.40. The van der Waals surface area contributed by atoms with E-state index in [2.05, 4.69) is 6.92 Å². The van der Waals surface area contributed by atoms with Gasteiger partial charge in [-0.1, -0.05) is 13.8 Å². The third kappa shape index (κ3) is 2.81. The van der Waals surface area contributed by atoms with Gasteiger partial charge in [-0.3, -0.25) is 4.79 Å². The van der Waals surface area contributed by atoms with E-state index in [1.165, 1.54) is 12.3 Å². The van der Waals surface area contributed by atoms with Crippen molar-refractivity contribution in [2.75, 3.05) is 18.0 Å². The molecule has 1 saturated heterocycles. The van der Waals surface area contributed by atoms with E-state index in [0.29, 0.717) is 30.7 Å². The number of halogens is 1. The smallest absolute Gasteiger partial charge is 0.341 e. The first-order valence-electron chi connectivity index (χ1n) is 9.47. The van der Waals surface area contributed by atoms with E-state index in [4.69, 9.17) is 5.73 Å². The van der Waals surface area contributed by atoms with Crippen LogP contribution < -0.4 is 16.1 Å². The van der Waals surface area contributed by atoms with Gasteiger partial charge in [-0.25, -0.2) is 9.18 Å². The summed E-state index contributed by atoms with van der Waals surface area (Å²) in [6.07, 6.45) is 3.84. The van der Waals surface area contributed by atoms with Gasteiger partial charge in [-0.2, -0.15) is 0 Å². The van der Waals surface area contributed by atoms with Crippen molar-refractivity contribution in [1.29, 1.82) is 0 Å². The minimum Gasteiger partial charge on any atom is -0.477 e. The average molecular weight is 373 g/mol. The monoisotopic (exact) mass is 373 g/mol. The van der Waals surface area contributed by atoms with Crippen LogP contribution in [-0.2, 0) is 6.42 Å². The van der Waals surface area contributed by atoms with Crippen LogP contribution in [0.3, 0.4) is 0 Å². The molecule has 1 aliphatic carbocycles. The van der Waals surface area contributed by atoms with Crippen molar-refractivity contribution in [3.63, 3.8) is 0 Å². The molecule has 3 N–H and O–H groups in total. The Morgan fingerprint density at radius 2 is 2.07 bits per heavy atom. The molecular weight excluding hydrogens is 349 g/mol. The number of nitrogens with zero attached hydrogens (tertiary/aromatic N) is 2. The highest BCUT2D eigenvalue weighted by molar-refractivity contribution is 5.95. The molecule has 4 rings (SSSR count). The number of hydrogen-bond donors (Lipinski definition) is 2. The van der Waals surface area contributed by atoms with Crippen molar-refractivity contribution in [2.24, 2.45) is 11.7 Å². The Morgan fingerprint density at radius 1 is 1.37 bits per heavy atom. The fourth-order valence-corrected chi connectivity index (χ4v) is 4.20. The van der Waals surface area contributed by atoms with E-state index in [1.54, 1.807) is 0 Å². The van der Waals surface area contributed by atoms with E-state index in [0.717, 1.165) is 18.4 Å². The van der Waals surface area contributed by atoms with Crippen molar-refractivity contribution >= 4 is 22.6 Å². The lowest BCUT2D eigenvalue weighted by molar-refractivity contribution is 0.0695. The number of rotatable bonds is 4. The molecule has 1 aromatic carbocycles. The minimum absolute atomic E-state index is 0.0233. The summed E-state index contributed by atoms with van der Waals surface area (Å²) in [5.74, 6) is -1.51. The molecule has 1 aliphatic heterocycles. The number of hydrogen-bond acceptors (Lipinski definition) is 4. The number of fused-ring (bicyclic) bond motifs is 1. The van der Waals surface area contributed by atoms with Gasteiger partial charge in [-0.05, 0) is 31.2 Å². The first-order chi connectivity index (χ1) is 12.8. The first-order valence-corrected chi connectivity index (χ1v) is 9.47. The maximum atomic E-state index is 15.2. The molecule has 144 valence electrons. The Labute approximate surface area is 156 Å². The number of carbonyl (C=O) groups is 1. The summed E-state index contributed by atoms with van der Waals surface area (Å²) in [6, 6.07) is 1.35. The van der Waals surface area contributed by atoms with E-state index < -0.39 is 17.2 Å². The Balaban J connectivity index is 2.04. The van der Waals surface area contributed by atoms with Crippen molar-refractivity contribution in [1.82, 2.24) is 4.57 Å². The van der Waals surface area contributed by atoms with Gasteiger partial charge in [0.2, 0.25) is 5.43 Å². The Bertz CT molecular complexity index is 986. The zero-order valence-electron chi connectivity index (χ0n) is 15.5. The van der Waals surface area contributed by atoms with Gasteiger partial charge in [0.15, 0.2) is 0 Å². The summed E-state index contributed by atoms with van der Waals surface area (Å²) in [6.45, 7) is 5.22. The standard InChI is InChI=1S/C20H24FN3O3/c1-3-12-17-13(6-15(21)18(12)23-7-10(2)16(22)9-23)19(25)14(20(26)27)8-24(17)11-4-5-11/h6,8,10-11,16H,3-5,7,9,22H2,1-2H3,(H,26,27). The van der Waals surface area contributed by atoms with Crippen molar-refractivity contribution in [3.05, 3.63) is 39.4 Å². The molecule has 0 spiro atoms. The Hall–Kier alpha value is -2.41. The fourth-order valence-electron chi connectivity index (χ4n) is 4.20. The SMILES string of the molecule is CCc1c(N2CC(C)C(N)C2)c(F)cc2c(=O)c(C(=O)O)cn(C3CC3)c12. The van der Waals surface area contributed by atoms with Crippen LogP contribution in [0.5, 0.6) is 0 Å². The second kappa shape index (κ2) is 6.34. The number of carboxylic acids is 1. The third-order valence-corrected chi connectivity index (χ3v) is 5.85. The maximum absolute atomic E-state index is 15.2. The highest BCUT2D eigenvalue weighted by Crippen LogP contribution is 2.41. The molecule has 2 fully saturated rings. The number of carboxylic acid groups (broad SMARTS) is 1. The number of pyridine rings is 1. The largest absolute Gasteiger partial charge is 0.477 e. The van der Waals surface area contributed by atoms with Gasteiger partial charge in [0, 0.05) is 42.3 Å². The lowest BCUT2D eigenvalue weighted by atomic mass is 10.0. The van der Waals surface area contributed by atoms with Crippen LogP contribution in [-0.4, -0.2) is 34.8 Å². The fraction of sp³-hybridized carbons (Fsp3) is 0.500. The third-order valence-electron chi connectivity index (χ3n) is 5.85. The van der Waals surface area contributed by atoms with Crippen LogP contribution in [0, 0.1) is 11.7 Å². The van der Waals surface area contributed by atoms with E-state index in [1.807, 2.05) is 16.4 Å². The predicted octanol–water partition coefficient (Wildman–Crippen LogP) is 2.52. The van der Waals surface area contributed by atoms with Crippen LogP contribution in [0.2, 0.25) is 0 Å². The van der Waals surface area contributed by atoms with Gasteiger partial charge < -0.3 is 20.3 Å². The zero-order chi connectivity index (χ0) is 19.5. The second-order valence-corrected chi connectivity index (χ2v) is 7.80. The molecule has 7 heteroatoms. The van der Waals surface area contributed by atoms with Crippen LogP contribution in [0.4, 0.5) is 10.1 Å². The van der Waals surface area contributed by atoms with E-state index in [9.17, 15) is 14.7 Å². The van der Waals surface area contributed by atoms with Crippen LogP contribution in [0.15, 0.2) is 17.1 Å². The number of nitrogens with two attached hydrogens (primary N) is 1. The molecule has 2 aliphatic rings. The predicted molar refractivity (Wildman–Crippen MR) is 102 cm³/mol. The van der Waals surface area contributed by atoms with Crippen molar-refractivity contribution in [2.45, 2.75) is 45.2 Å². The molecule has 2 atom stereocenters. The summed E-state index contributed by atoms with van der Waals surface area (Å²) < 4.78 is 17.0. The molecule has 2 aromatic rings. The van der Waals surface area contributed by atoms with E-state index in [-0.39, 0.29) is 29.0 Å². The molecule has 27 heavy (non-hydrogen) atoms. The number of aryl methyl sites for hydroxylation is 1. The first kappa shape index (κ1) is 18.0. The molecule has 0 bridgehead atoms. The lowest BCUT2D eigenvalue weighted by Crippen LogP contribution is -2.29. The van der Waals surface area contributed by atoms with Gasteiger partial charge in [0.25, 0.3) is 0 Å². The van der Waals surface area contributed by atoms with E-state index >= 15 is 4.39 Å². The summed E-state index contributed by atoms with van der Waals surface area (Å²) in [5.41, 5.74) is 7.14. The van der Waals surface area contributed by atoms with Gasteiger partial charge >= 0.3 is 5.97 Å². The molecule has 0 radical (unpaired) electrons. The zero-order valence-corrected chi connectivity index (χ0v) is 15.5. The summed E-state index contributed by atoms with van der Waals surface area (Å²) in [7, 11) is 0. The van der Waals surface area contributed by atoms with Crippen molar-refractivity contribution in [3.8, 4) is 0 Å². The highest BCUT2D eigenvalue weighted by Gasteiger charge is 2.33. The molecule has 2 unspecified atom stereocenters. The summed E-state index contributed by atoms with van der Waals surface area (Å²) in [5, 5.41) is 9.55. The molecule has 6 nitrogen and oxygen atoms in total. The normalized spacial score (nSPS) is 22.6. The minimum atomic E-state index is -1.28.